The Morgan fingerprint density at radius 3 is 1.49 bits per heavy atom. The fourth-order valence-electron chi connectivity index (χ4n) is 9.78. The number of aliphatic carboxylic acids is 6. The van der Waals surface area contributed by atoms with Crippen LogP contribution in [0.2, 0.25) is 0 Å². The van der Waals surface area contributed by atoms with Crippen molar-refractivity contribution in [1.82, 2.24) is 30.6 Å². The maximum absolute atomic E-state index is 14.4. The molecule has 0 fully saturated rings. The summed E-state index contributed by atoms with van der Waals surface area (Å²) in [6.45, 7) is 26.6. The molecule has 5 heterocycles. The maximum atomic E-state index is 14.4. The van der Waals surface area contributed by atoms with Crippen molar-refractivity contribution in [1.29, 1.82) is 0 Å². The number of esters is 1. The van der Waals surface area contributed by atoms with Gasteiger partial charge in [-0.3, -0.25) is 48.3 Å². The van der Waals surface area contributed by atoms with E-state index in [0.29, 0.717) is 52.9 Å². The summed E-state index contributed by atoms with van der Waals surface area (Å²) in [4.78, 5) is 133. The van der Waals surface area contributed by atoms with Crippen LogP contribution in [0, 0.1) is 13.8 Å². The van der Waals surface area contributed by atoms with Gasteiger partial charge in [-0.25, -0.2) is 9.59 Å². The van der Waals surface area contributed by atoms with Gasteiger partial charge in [0.25, 0.3) is 5.91 Å². The van der Waals surface area contributed by atoms with Crippen molar-refractivity contribution >= 4 is 96.0 Å². The Morgan fingerprint density at radius 2 is 1.05 bits per heavy atom. The van der Waals surface area contributed by atoms with Crippen LogP contribution in [0.25, 0.3) is 22.1 Å². The molecule has 0 saturated carbocycles. The molecule has 5 rings (SSSR count). The standard InChI is InChI=1S/C45H64N6O5P2.2C6H8O7/c1-14-30-25(2)33-24-38-41(29(6)52)27(4)35(49-38)22-34-26(3)31(15-16-39(53)46-17-19-57(8,9)10)43(50-34)32(21-40(54)56-7)44-42(45(55)47-18-20-58(11,12)13)28(5)36(51-44)23-37(30)48-33;2*7-3(8)1-6(13,5(11)12)2-4(9)10/h22-26,30-31H,14-21H2,1-13H3,(H2-2,46,47,48,49,50,51,52,53,55);2*13H,1-2H2,(H,7,8)(H,9,10)(H,11,12)/p+2/t25-,26+,30-,31+;;/m1../s1. The summed E-state index contributed by atoms with van der Waals surface area (Å²) < 4.78 is 5.29. The van der Waals surface area contributed by atoms with Gasteiger partial charge >= 0.3 is 41.8 Å². The molecular formula is C57H82N6O19P2+2. The van der Waals surface area contributed by atoms with Crippen LogP contribution in [0.15, 0.2) is 18.2 Å². The molecule has 2 aliphatic rings. The van der Waals surface area contributed by atoms with Gasteiger partial charge in [0.1, 0.15) is 0 Å². The van der Waals surface area contributed by atoms with Crippen LogP contribution in [0.5, 0.6) is 0 Å². The number of ether oxygens (including phenoxy) is 1. The molecule has 2 aliphatic heterocycles. The molecule has 3 aromatic heterocycles. The van der Waals surface area contributed by atoms with Crippen LogP contribution >= 0.6 is 14.5 Å². The Balaban J connectivity index is 0.000000585. The van der Waals surface area contributed by atoms with Gasteiger partial charge in [0.2, 0.25) is 5.91 Å². The van der Waals surface area contributed by atoms with Gasteiger partial charge in [-0.2, -0.15) is 0 Å². The van der Waals surface area contributed by atoms with E-state index in [1.807, 2.05) is 32.0 Å². The molecule has 27 heteroatoms. The maximum Gasteiger partial charge on any atom is 0.336 e. The molecular weight excluding hydrogens is 1130 g/mol. The number of nitrogens with one attached hydrogen (secondary N) is 4. The first-order chi connectivity index (χ1) is 38.7. The summed E-state index contributed by atoms with van der Waals surface area (Å²) in [6, 6.07) is 6.04. The Kier molecular flexibility index (Phi) is 25.0. The third-order valence-electron chi connectivity index (χ3n) is 14.5. The number of Topliss-reactive ketones (excluding diaryl/α,β-unsaturated/α-hetero) is 1. The summed E-state index contributed by atoms with van der Waals surface area (Å²) in [6.07, 6.45) is -1.28. The second-order valence-electron chi connectivity index (χ2n) is 23.3. The normalized spacial score (nSPS) is 15.9. The van der Waals surface area contributed by atoms with Crippen molar-refractivity contribution in [3.8, 4) is 0 Å². The van der Waals surface area contributed by atoms with Crippen LogP contribution in [0.3, 0.4) is 0 Å². The highest BCUT2D eigenvalue weighted by atomic mass is 31.2. The Bertz CT molecular complexity index is 3110. The van der Waals surface area contributed by atoms with E-state index in [2.05, 4.69) is 81.4 Å². The number of aromatic nitrogens is 4. The highest BCUT2D eigenvalue weighted by molar-refractivity contribution is 7.74. The quantitative estimate of drug-likeness (QED) is 0.0279. The Labute approximate surface area is 487 Å². The average molecular weight is 1220 g/mol. The van der Waals surface area contributed by atoms with Gasteiger partial charge in [-0.15, -0.1) is 0 Å². The van der Waals surface area contributed by atoms with Gasteiger partial charge in [0, 0.05) is 124 Å². The molecule has 0 spiro atoms. The van der Waals surface area contributed by atoms with Gasteiger partial charge in [0.15, 0.2) is 17.0 Å². The van der Waals surface area contributed by atoms with Crippen molar-refractivity contribution in [3.05, 3.63) is 68.8 Å². The van der Waals surface area contributed by atoms with Crippen LogP contribution in [0.4, 0.5) is 0 Å². The molecule has 3 aromatic rings. The minimum Gasteiger partial charge on any atom is -0.481 e. The number of fused-ring (bicyclic) bond motifs is 8. The van der Waals surface area contributed by atoms with E-state index in [-0.39, 0.29) is 54.1 Å². The van der Waals surface area contributed by atoms with Crippen molar-refractivity contribution in [2.45, 2.75) is 128 Å². The second kappa shape index (κ2) is 29.6. The van der Waals surface area contributed by atoms with Crippen LogP contribution < -0.4 is 10.6 Å². The van der Waals surface area contributed by atoms with Crippen molar-refractivity contribution in [3.63, 3.8) is 0 Å². The molecule has 84 heavy (non-hydrogen) atoms. The SMILES string of the molecule is CC[C@H]1c2cc3[nH]c(c(CC(=O)OC)c4nc(cc5[nH]c(cc(n2)[C@@H]1C)c(C(C)=O)c5C)[C@@H](C)[C@@H]4CCC(=O)NCC[P+](C)(C)C)c(C(=O)NCC[P+](C)(C)C)c3C.O=C(O)CC(O)(CC(=O)O)C(=O)O.O=C(O)CC(O)(CC(=O)O)C(=O)O. The largest absolute Gasteiger partial charge is 0.481 e. The molecule has 25 nitrogen and oxygen atoms in total. The number of hydrogen-bond acceptors (Lipinski definition) is 15. The van der Waals surface area contributed by atoms with Gasteiger partial charge in [-0.05, 0) is 62.9 Å². The number of aryl methyl sites for hydroxylation is 2. The third kappa shape index (κ3) is 19.7. The zero-order valence-electron chi connectivity index (χ0n) is 49.9. The molecule has 2 amide bonds. The Hall–Kier alpha value is -7.20. The number of carbonyl (C=O) groups is 10. The summed E-state index contributed by atoms with van der Waals surface area (Å²) in [5.74, 6) is -11.1. The van der Waals surface area contributed by atoms with E-state index in [1.54, 1.807) is 6.92 Å². The smallest absolute Gasteiger partial charge is 0.336 e. The number of aliphatic hydroxyl groups is 2. The topological polar surface area (TPSA) is 423 Å². The number of H-pyrrole nitrogens is 2. The number of nitrogens with zero attached hydrogens (tertiary/aromatic N) is 2. The number of methoxy groups -OCH3 is 1. The van der Waals surface area contributed by atoms with E-state index >= 15 is 0 Å². The average Bonchev–Trinajstić information content (AvgIpc) is 2.97. The lowest BCUT2D eigenvalue weighted by Gasteiger charge is -2.18. The van der Waals surface area contributed by atoms with Gasteiger partial charge in [0.05, 0.1) is 86.9 Å². The monoisotopic (exact) mass is 1220 g/mol. The van der Waals surface area contributed by atoms with Gasteiger partial charge < -0.3 is 66.2 Å². The van der Waals surface area contributed by atoms with Crippen LogP contribution in [-0.4, -0.2) is 204 Å². The predicted molar refractivity (Wildman–Crippen MR) is 317 cm³/mol. The molecule has 8 bridgehead atoms. The van der Waals surface area contributed by atoms with Crippen LogP contribution in [-0.2, 0) is 49.5 Å². The molecule has 4 atom stereocenters. The summed E-state index contributed by atoms with van der Waals surface area (Å²) in [5, 5.41) is 74.0. The summed E-state index contributed by atoms with van der Waals surface area (Å²) in [5.41, 5.74) is 3.59. The molecule has 0 aromatic carbocycles. The minimum absolute atomic E-state index is 0.0285. The number of carbonyl (C=O) groups excluding carboxylic acids is 4. The molecule has 462 valence electrons. The first-order valence-corrected chi connectivity index (χ1v) is 33.6. The zero-order chi connectivity index (χ0) is 64.1. The van der Waals surface area contributed by atoms with Crippen molar-refractivity contribution in [2.75, 3.05) is 72.5 Å². The number of amides is 2. The van der Waals surface area contributed by atoms with E-state index in [0.717, 1.165) is 58.0 Å². The molecule has 0 aliphatic carbocycles. The number of carboxylic acid groups (broad SMARTS) is 6. The molecule has 0 saturated heterocycles. The van der Waals surface area contributed by atoms with Crippen LogP contribution in [0.1, 0.15) is 156 Å². The fraction of sp³-hybridized carbons (Fsp3) is 0.544. The first-order valence-electron chi connectivity index (χ1n) is 27.0. The minimum atomic E-state index is -2.74. The fourth-order valence-corrected chi connectivity index (χ4v) is 11.3. The zero-order valence-corrected chi connectivity index (χ0v) is 51.7. The predicted octanol–water partition coefficient (Wildman–Crippen LogP) is 5.98. The van der Waals surface area contributed by atoms with E-state index in [4.69, 9.17) is 55.6 Å². The molecule has 0 radical (unpaired) electrons. The number of ketones is 1. The second-order valence-corrected chi connectivity index (χ2v) is 33.4. The van der Waals surface area contributed by atoms with E-state index in [1.165, 1.54) is 7.11 Å². The van der Waals surface area contributed by atoms with Crippen molar-refractivity contribution in [2.24, 2.45) is 0 Å². The number of rotatable bonds is 24. The lowest BCUT2D eigenvalue weighted by Crippen LogP contribution is -2.42. The summed E-state index contributed by atoms with van der Waals surface area (Å²) in [7, 11) is -0.859. The van der Waals surface area contributed by atoms with Crippen molar-refractivity contribution < 1.29 is 93.5 Å². The highest BCUT2D eigenvalue weighted by Gasteiger charge is 2.42. The van der Waals surface area contributed by atoms with E-state index in [9.17, 15) is 47.9 Å². The Morgan fingerprint density at radius 1 is 0.619 bits per heavy atom. The number of hydrogen-bond donors (Lipinski definition) is 12. The number of carboxylic acids is 6. The summed E-state index contributed by atoms with van der Waals surface area (Å²) >= 11 is 0. The van der Waals surface area contributed by atoms with Gasteiger partial charge in [-0.1, -0.05) is 20.8 Å². The molecule has 12 N–H and O–H groups in total. The van der Waals surface area contributed by atoms with E-state index < -0.39 is 93.2 Å². The molecule has 0 unspecified atom stereocenters. The third-order valence-corrected chi connectivity index (χ3v) is 17.6. The number of aromatic amines is 2. The first kappa shape index (κ1) is 71.1. The lowest BCUT2D eigenvalue weighted by molar-refractivity contribution is -0.170. The highest BCUT2D eigenvalue weighted by Crippen LogP contribution is 2.47. The lowest BCUT2D eigenvalue weighted by atomic mass is 9.85.